The molecule has 1 atom stereocenters. The van der Waals surface area contributed by atoms with Crippen molar-refractivity contribution in [2.75, 3.05) is 5.73 Å². The fraction of sp³-hybridized carbons (Fsp3) is 0.115. The van der Waals surface area contributed by atoms with Crippen LogP contribution < -0.4 is 16.6 Å². The van der Waals surface area contributed by atoms with Crippen molar-refractivity contribution in [3.05, 3.63) is 88.9 Å². The molecule has 0 saturated carbocycles. The molecule has 0 fully saturated rings. The first-order valence-electron chi connectivity index (χ1n) is 11.4. The summed E-state index contributed by atoms with van der Waals surface area (Å²) < 4.78 is 5.24. The summed E-state index contributed by atoms with van der Waals surface area (Å²) in [5.74, 6) is 0.340. The minimum atomic E-state index is -0.0754. The molecule has 0 radical (unpaired) electrons. The summed E-state index contributed by atoms with van der Waals surface area (Å²) in [5, 5.41) is 12.3. The highest BCUT2D eigenvalue weighted by Crippen LogP contribution is 2.30. The fourth-order valence-corrected chi connectivity index (χ4v) is 5.04. The summed E-state index contributed by atoms with van der Waals surface area (Å²) in [6.07, 6.45) is 5.04. The molecule has 0 aliphatic heterocycles. The molecule has 6 aromatic rings. The van der Waals surface area contributed by atoms with E-state index in [0.29, 0.717) is 34.5 Å². The van der Waals surface area contributed by atoms with Crippen LogP contribution in [0.3, 0.4) is 0 Å². The number of aryl methyl sites for hydroxylation is 2. The number of fused-ring (bicyclic) bond motifs is 2. The number of para-hydroxylation sites is 1. The predicted octanol–water partition coefficient (Wildman–Crippen LogP) is 2.97. The average Bonchev–Trinajstić information content (AvgIpc) is 3.44. The summed E-state index contributed by atoms with van der Waals surface area (Å²) in [4.78, 5) is 22.6. The number of nitrogens with two attached hydrogens (primary N) is 1. The third-order valence-corrected chi connectivity index (χ3v) is 6.85. The molecular weight excluding hydrogens is 471 g/mol. The highest BCUT2D eigenvalue weighted by Gasteiger charge is 2.21. The molecule has 36 heavy (non-hydrogen) atoms. The van der Waals surface area contributed by atoms with Crippen LogP contribution in [-0.2, 0) is 13.6 Å². The van der Waals surface area contributed by atoms with Crippen molar-refractivity contribution in [2.24, 2.45) is 7.05 Å². The van der Waals surface area contributed by atoms with Gasteiger partial charge in [0.1, 0.15) is 17.8 Å². The van der Waals surface area contributed by atoms with Gasteiger partial charge in [0.25, 0.3) is 5.56 Å². The Morgan fingerprint density at radius 2 is 1.89 bits per heavy atom. The van der Waals surface area contributed by atoms with Gasteiger partial charge >= 0.3 is 0 Å². The van der Waals surface area contributed by atoms with Gasteiger partial charge in [-0.25, -0.2) is 14.6 Å². The van der Waals surface area contributed by atoms with Crippen LogP contribution in [-0.4, -0.2) is 34.1 Å². The molecular formula is C26H23N8OP. The van der Waals surface area contributed by atoms with Gasteiger partial charge in [-0.05, 0) is 35.3 Å². The summed E-state index contributed by atoms with van der Waals surface area (Å²) in [5.41, 5.74) is 10.7. The van der Waals surface area contributed by atoms with E-state index in [2.05, 4.69) is 24.3 Å². The molecule has 6 rings (SSSR count). The van der Waals surface area contributed by atoms with Gasteiger partial charge in [-0.3, -0.25) is 14.0 Å². The standard InChI is InChI=1S/C26H23N8OP/c1-15-6-5-7-16-10-18(34(26(35)21(15)16)19-8-3-4-9-20(19)36)13-33-25-22(24(27)28-14-29-25)23(31-33)17-11-30-32(2)12-17/h3-12,14H,13,36H2,1-2H3,(H2,27,28,29). The number of benzene rings is 2. The second-order valence-electron chi connectivity index (χ2n) is 8.74. The monoisotopic (exact) mass is 494 g/mol. The highest BCUT2D eigenvalue weighted by atomic mass is 31.0. The Balaban J connectivity index is 1.63. The van der Waals surface area contributed by atoms with E-state index < -0.39 is 0 Å². The molecule has 0 spiro atoms. The van der Waals surface area contributed by atoms with Crippen LogP contribution in [0.4, 0.5) is 5.82 Å². The van der Waals surface area contributed by atoms with E-state index in [1.54, 1.807) is 20.1 Å². The van der Waals surface area contributed by atoms with Gasteiger partial charge in [0, 0.05) is 24.5 Å². The van der Waals surface area contributed by atoms with Crippen LogP contribution in [0.5, 0.6) is 0 Å². The van der Waals surface area contributed by atoms with Gasteiger partial charge in [-0.2, -0.15) is 10.2 Å². The Kier molecular flexibility index (Phi) is 5.16. The van der Waals surface area contributed by atoms with Crippen molar-refractivity contribution < 1.29 is 0 Å². The number of anilines is 1. The predicted molar refractivity (Wildman–Crippen MR) is 145 cm³/mol. The number of nitrogens with zero attached hydrogens (tertiary/aromatic N) is 7. The molecule has 4 aromatic heterocycles. The molecule has 0 saturated heterocycles. The van der Waals surface area contributed by atoms with E-state index >= 15 is 0 Å². The molecule has 1 unspecified atom stereocenters. The van der Waals surface area contributed by atoms with Gasteiger partial charge < -0.3 is 5.73 Å². The van der Waals surface area contributed by atoms with E-state index in [1.807, 2.05) is 68.7 Å². The number of aromatic nitrogens is 7. The number of hydrogen-bond donors (Lipinski definition) is 1. The molecule has 4 heterocycles. The van der Waals surface area contributed by atoms with E-state index in [0.717, 1.165) is 33.2 Å². The lowest BCUT2D eigenvalue weighted by Crippen LogP contribution is -2.27. The van der Waals surface area contributed by atoms with Crippen LogP contribution >= 0.6 is 9.24 Å². The first kappa shape index (κ1) is 22.1. The first-order chi connectivity index (χ1) is 17.4. The third-order valence-electron chi connectivity index (χ3n) is 6.36. The molecule has 0 aliphatic rings. The van der Waals surface area contributed by atoms with Gasteiger partial charge in [-0.1, -0.05) is 36.4 Å². The fourth-order valence-electron chi connectivity index (χ4n) is 4.70. The minimum Gasteiger partial charge on any atom is -0.383 e. The van der Waals surface area contributed by atoms with Crippen molar-refractivity contribution in [3.63, 3.8) is 0 Å². The Bertz CT molecular complexity index is 1850. The number of nitrogen functional groups attached to an aromatic ring is 1. The number of hydrogen-bond acceptors (Lipinski definition) is 6. The summed E-state index contributed by atoms with van der Waals surface area (Å²) in [6.45, 7) is 2.26. The Morgan fingerprint density at radius 1 is 1.06 bits per heavy atom. The third kappa shape index (κ3) is 3.48. The maximum absolute atomic E-state index is 13.9. The zero-order valence-electron chi connectivity index (χ0n) is 19.8. The average molecular weight is 494 g/mol. The maximum atomic E-state index is 13.9. The highest BCUT2D eigenvalue weighted by molar-refractivity contribution is 7.27. The first-order valence-corrected chi connectivity index (χ1v) is 11.9. The summed E-state index contributed by atoms with van der Waals surface area (Å²) >= 11 is 0. The van der Waals surface area contributed by atoms with Crippen LogP contribution in [0, 0.1) is 6.92 Å². The van der Waals surface area contributed by atoms with Gasteiger partial charge in [0.2, 0.25) is 0 Å². The van der Waals surface area contributed by atoms with Crippen molar-refractivity contribution in [1.29, 1.82) is 0 Å². The van der Waals surface area contributed by atoms with Crippen LogP contribution in [0.25, 0.3) is 38.8 Å². The minimum absolute atomic E-state index is 0.0754. The SMILES string of the molecule is Cc1cccc2cc(Cn3nc(-c4cnn(C)c4)c4c(N)ncnc43)n(-c3ccccc3P)c(=O)c12. The zero-order chi connectivity index (χ0) is 25.0. The summed E-state index contributed by atoms with van der Waals surface area (Å²) in [6, 6.07) is 15.7. The number of pyridine rings is 1. The topological polar surface area (TPSA) is 109 Å². The van der Waals surface area contributed by atoms with Crippen molar-refractivity contribution in [1.82, 2.24) is 34.1 Å². The zero-order valence-corrected chi connectivity index (χ0v) is 20.9. The van der Waals surface area contributed by atoms with Crippen molar-refractivity contribution >= 4 is 42.2 Å². The van der Waals surface area contributed by atoms with Crippen LogP contribution in [0.2, 0.25) is 0 Å². The quantitative estimate of drug-likeness (QED) is 0.378. The molecule has 9 nitrogen and oxygen atoms in total. The van der Waals surface area contributed by atoms with Gasteiger partial charge in [0.05, 0.1) is 29.2 Å². The molecule has 0 aliphatic carbocycles. The van der Waals surface area contributed by atoms with Crippen molar-refractivity contribution in [2.45, 2.75) is 13.5 Å². The molecule has 2 aromatic carbocycles. The lowest BCUT2D eigenvalue weighted by atomic mass is 10.1. The van der Waals surface area contributed by atoms with Crippen LogP contribution in [0.1, 0.15) is 11.3 Å². The van der Waals surface area contributed by atoms with Gasteiger partial charge in [0.15, 0.2) is 5.65 Å². The summed E-state index contributed by atoms with van der Waals surface area (Å²) in [7, 11) is 4.57. The molecule has 10 heteroatoms. The normalized spacial score (nSPS) is 11.5. The van der Waals surface area contributed by atoms with E-state index in [-0.39, 0.29) is 5.56 Å². The molecule has 0 bridgehead atoms. The lowest BCUT2D eigenvalue weighted by molar-refractivity contribution is 0.673. The molecule has 2 N–H and O–H groups in total. The Morgan fingerprint density at radius 3 is 2.67 bits per heavy atom. The van der Waals surface area contributed by atoms with Crippen molar-refractivity contribution in [3.8, 4) is 16.9 Å². The lowest BCUT2D eigenvalue weighted by Gasteiger charge is -2.17. The largest absolute Gasteiger partial charge is 0.383 e. The Labute approximate surface area is 208 Å². The van der Waals surface area contributed by atoms with E-state index in [4.69, 9.17) is 10.8 Å². The van der Waals surface area contributed by atoms with E-state index in [1.165, 1.54) is 6.33 Å². The molecule has 178 valence electrons. The number of rotatable bonds is 4. The smallest absolute Gasteiger partial charge is 0.263 e. The second-order valence-corrected chi connectivity index (χ2v) is 9.36. The second kappa shape index (κ2) is 8.39. The molecule has 0 amide bonds. The van der Waals surface area contributed by atoms with E-state index in [9.17, 15) is 4.79 Å². The van der Waals surface area contributed by atoms with Gasteiger partial charge in [-0.15, -0.1) is 9.24 Å². The maximum Gasteiger partial charge on any atom is 0.263 e. The van der Waals surface area contributed by atoms with Crippen LogP contribution in [0.15, 0.2) is 72.0 Å². The Hall–Kier alpha value is -4.36.